The van der Waals surface area contributed by atoms with Gasteiger partial charge in [0, 0.05) is 26.2 Å². The molecule has 1 aliphatic heterocycles. The van der Waals surface area contributed by atoms with Gasteiger partial charge in [0.2, 0.25) is 11.8 Å². The van der Waals surface area contributed by atoms with Gasteiger partial charge in [-0.05, 0) is 40.3 Å². The van der Waals surface area contributed by atoms with E-state index in [-0.39, 0.29) is 36.3 Å². The minimum Gasteiger partial charge on any atom is -0.351 e. The van der Waals surface area contributed by atoms with E-state index in [4.69, 9.17) is 0 Å². The molecule has 0 spiro atoms. The van der Waals surface area contributed by atoms with E-state index in [1.807, 2.05) is 60.7 Å². The molecule has 10 heteroatoms. The topological polar surface area (TPSA) is 86.8 Å². The van der Waals surface area contributed by atoms with Crippen molar-refractivity contribution in [2.24, 2.45) is 0 Å². The first kappa shape index (κ1) is 27.7. The molecule has 40 heavy (non-hydrogen) atoms. The number of carbonyl (C=O) groups excluding carboxylic acids is 2. The highest BCUT2D eigenvalue weighted by atomic mass is 32.2. The molecule has 2 heterocycles. The fourth-order valence-electron chi connectivity index (χ4n) is 4.85. The van der Waals surface area contributed by atoms with Gasteiger partial charge in [-0.25, -0.2) is 12.8 Å². The highest BCUT2D eigenvalue weighted by molar-refractivity contribution is 7.91. The molecule has 1 aliphatic rings. The summed E-state index contributed by atoms with van der Waals surface area (Å²) in [5.74, 6) is -1.73. The summed E-state index contributed by atoms with van der Waals surface area (Å²) in [6, 6.07) is 26.5. The number of thiophene rings is 1. The first-order chi connectivity index (χ1) is 19.3. The number of nitrogens with zero attached hydrogens (tertiary/aromatic N) is 2. The van der Waals surface area contributed by atoms with Gasteiger partial charge >= 0.3 is 0 Å². The summed E-state index contributed by atoms with van der Waals surface area (Å²) in [5.41, 5.74) is 2.29. The first-order valence-electron chi connectivity index (χ1n) is 12.8. The van der Waals surface area contributed by atoms with Crippen molar-refractivity contribution in [1.29, 1.82) is 0 Å². The number of benzene rings is 3. The van der Waals surface area contributed by atoms with Crippen molar-refractivity contribution in [3.8, 4) is 0 Å². The third-order valence-corrected chi connectivity index (χ3v) is 10.2. The maximum atomic E-state index is 14.1. The van der Waals surface area contributed by atoms with Crippen molar-refractivity contribution in [3.63, 3.8) is 0 Å². The molecule has 0 bridgehead atoms. The second kappa shape index (κ2) is 12.1. The Morgan fingerprint density at radius 2 is 1.50 bits per heavy atom. The molecule has 0 radical (unpaired) electrons. The minimum atomic E-state index is -3.97. The van der Waals surface area contributed by atoms with Crippen LogP contribution in [-0.2, 0) is 26.2 Å². The number of halogens is 1. The Balaban J connectivity index is 1.43. The van der Waals surface area contributed by atoms with Crippen molar-refractivity contribution in [1.82, 2.24) is 14.5 Å². The van der Waals surface area contributed by atoms with Crippen LogP contribution >= 0.6 is 11.3 Å². The van der Waals surface area contributed by atoms with Crippen LogP contribution in [0.5, 0.6) is 0 Å². The second-order valence-electron chi connectivity index (χ2n) is 9.45. The molecule has 1 unspecified atom stereocenters. The summed E-state index contributed by atoms with van der Waals surface area (Å²) in [6.07, 6.45) is 0. The highest BCUT2D eigenvalue weighted by Gasteiger charge is 2.43. The van der Waals surface area contributed by atoms with Gasteiger partial charge in [0.25, 0.3) is 10.0 Å². The lowest BCUT2D eigenvalue weighted by Crippen LogP contribution is -2.61. The van der Waals surface area contributed by atoms with Crippen LogP contribution in [0.2, 0.25) is 0 Å². The Labute approximate surface area is 236 Å². The smallest absolute Gasteiger partial charge is 0.253 e. The Bertz CT molecular complexity index is 1510. The number of sulfonamides is 1. The highest BCUT2D eigenvalue weighted by Crippen LogP contribution is 2.30. The summed E-state index contributed by atoms with van der Waals surface area (Å²) >= 11 is 1.08. The van der Waals surface area contributed by atoms with E-state index in [2.05, 4.69) is 5.32 Å². The standard InChI is InChI=1S/C30H28FN3O4S2/c31-25-15-13-22(14-16-25)20-32-29(35)26-21-33(17-18-34(26)40(37,38)27-12-7-19-39-27)30(36)28(23-8-3-1-4-9-23)24-10-5-2-6-11-24/h1-16,19,26,28H,17-18,20-21H2,(H,32,35). The van der Waals surface area contributed by atoms with Gasteiger partial charge in [-0.1, -0.05) is 78.9 Å². The summed E-state index contributed by atoms with van der Waals surface area (Å²) in [7, 11) is -3.97. The van der Waals surface area contributed by atoms with Crippen LogP contribution in [-0.4, -0.2) is 55.1 Å². The lowest BCUT2D eigenvalue weighted by atomic mass is 9.89. The van der Waals surface area contributed by atoms with Crippen LogP contribution in [0, 0.1) is 5.82 Å². The van der Waals surface area contributed by atoms with Crippen LogP contribution in [0.25, 0.3) is 0 Å². The van der Waals surface area contributed by atoms with Gasteiger partial charge in [0.1, 0.15) is 16.1 Å². The SMILES string of the molecule is O=C(NCc1ccc(F)cc1)C1CN(C(=O)C(c2ccccc2)c2ccccc2)CCN1S(=O)(=O)c1cccs1. The molecular weight excluding hydrogens is 549 g/mol. The van der Waals surface area contributed by atoms with E-state index in [9.17, 15) is 22.4 Å². The second-order valence-corrected chi connectivity index (χ2v) is 12.5. The molecule has 1 saturated heterocycles. The molecule has 1 N–H and O–H groups in total. The van der Waals surface area contributed by atoms with E-state index in [0.717, 1.165) is 22.5 Å². The number of nitrogens with one attached hydrogen (secondary N) is 1. The molecule has 1 atom stereocenters. The largest absolute Gasteiger partial charge is 0.351 e. The monoisotopic (exact) mass is 577 g/mol. The van der Waals surface area contributed by atoms with Gasteiger partial charge in [-0.15, -0.1) is 11.3 Å². The fraction of sp³-hybridized carbons (Fsp3) is 0.200. The molecule has 2 amide bonds. The third-order valence-electron chi connectivity index (χ3n) is 6.90. The van der Waals surface area contributed by atoms with E-state index in [1.165, 1.54) is 22.5 Å². The van der Waals surface area contributed by atoms with Crippen LogP contribution in [0.3, 0.4) is 0 Å². The van der Waals surface area contributed by atoms with Gasteiger partial charge in [-0.3, -0.25) is 9.59 Å². The lowest BCUT2D eigenvalue weighted by Gasteiger charge is -2.40. The van der Waals surface area contributed by atoms with Crippen LogP contribution in [0.1, 0.15) is 22.6 Å². The zero-order valence-electron chi connectivity index (χ0n) is 21.5. The molecule has 4 aromatic rings. The fourth-order valence-corrected chi connectivity index (χ4v) is 7.54. The molecule has 0 aliphatic carbocycles. The normalized spacial score (nSPS) is 16.1. The molecule has 0 saturated carbocycles. The average Bonchev–Trinajstić information content (AvgIpc) is 3.54. The molecule has 1 aromatic heterocycles. The van der Waals surface area contributed by atoms with E-state index in [0.29, 0.717) is 5.56 Å². The minimum absolute atomic E-state index is 0.0308. The van der Waals surface area contributed by atoms with Crippen molar-refractivity contribution in [2.45, 2.75) is 22.7 Å². The van der Waals surface area contributed by atoms with E-state index < -0.39 is 33.7 Å². The van der Waals surface area contributed by atoms with Crippen molar-refractivity contribution in [2.75, 3.05) is 19.6 Å². The maximum absolute atomic E-state index is 14.1. The number of rotatable bonds is 8. The number of piperazine rings is 1. The Morgan fingerprint density at radius 3 is 2.08 bits per heavy atom. The molecule has 206 valence electrons. The lowest BCUT2D eigenvalue weighted by molar-refractivity contribution is -0.136. The number of hydrogen-bond acceptors (Lipinski definition) is 5. The predicted octanol–water partition coefficient (Wildman–Crippen LogP) is 4.24. The predicted molar refractivity (Wildman–Crippen MR) is 152 cm³/mol. The molecule has 5 rings (SSSR count). The molecule has 1 fully saturated rings. The average molecular weight is 578 g/mol. The zero-order valence-corrected chi connectivity index (χ0v) is 23.2. The first-order valence-corrected chi connectivity index (χ1v) is 15.1. The van der Waals surface area contributed by atoms with E-state index >= 15 is 0 Å². The van der Waals surface area contributed by atoms with Crippen LogP contribution in [0.15, 0.2) is 107 Å². The summed E-state index contributed by atoms with van der Waals surface area (Å²) in [5, 5.41) is 4.45. The van der Waals surface area contributed by atoms with Crippen molar-refractivity contribution in [3.05, 3.63) is 125 Å². The van der Waals surface area contributed by atoms with E-state index in [1.54, 1.807) is 28.5 Å². The molecule has 3 aromatic carbocycles. The summed E-state index contributed by atoms with van der Waals surface area (Å²) < 4.78 is 41.7. The van der Waals surface area contributed by atoms with Gasteiger partial charge < -0.3 is 10.2 Å². The number of amides is 2. The Morgan fingerprint density at radius 1 is 0.875 bits per heavy atom. The van der Waals surface area contributed by atoms with Crippen molar-refractivity contribution < 1.29 is 22.4 Å². The van der Waals surface area contributed by atoms with Gasteiger partial charge in [0.15, 0.2) is 0 Å². The maximum Gasteiger partial charge on any atom is 0.253 e. The zero-order chi connectivity index (χ0) is 28.1. The van der Waals surface area contributed by atoms with Crippen LogP contribution < -0.4 is 5.32 Å². The molecule has 7 nitrogen and oxygen atoms in total. The quantitative estimate of drug-likeness (QED) is 0.340. The Hall–Kier alpha value is -3.86. The van der Waals surface area contributed by atoms with Gasteiger partial charge in [0.05, 0.1) is 5.92 Å². The van der Waals surface area contributed by atoms with Crippen molar-refractivity contribution >= 4 is 33.2 Å². The third kappa shape index (κ3) is 5.99. The van der Waals surface area contributed by atoms with Gasteiger partial charge in [-0.2, -0.15) is 4.31 Å². The molecular formula is C30H28FN3O4S2. The Kier molecular flexibility index (Phi) is 8.39. The van der Waals surface area contributed by atoms with Crippen LogP contribution in [0.4, 0.5) is 4.39 Å². The summed E-state index contributed by atoms with van der Waals surface area (Å²) in [4.78, 5) is 29.2. The number of carbonyl (C=O) groups is 2. The summed E-state index contributed by atoms with van der Waals surface area (Å²) in [6.45, 7) is 0.0974. The number of hydrogen-bond donors (Lipinski definition) is 1.